The van der Waals surface area contributed by atoms with Crippen molar-refractivity contribution >= 4 is 32.0 Å². The van der Waals surface area contributed by atoms with Crippen LogP contribution in [0.3, 0.4) is 0 Å². The summed E-state index contributed by atoms with van der Waals surface area (Å²) in [6.45, 7) is 8.24. The van der Waals surface area contributed by atoms with E-state index in [0.29, 0.717) is 11.5 Å². The second-order valence-electron chi connectivity index (χ2n) is 10.4. The highest BCUT2D eigenvalue weighted by atomic mass is 32.2. The fourth-order valence-corrected chi connectivity index (χ4v) is 7.40. The van der Waals surface area contributed by atoms with E-state index in [0.717, 1.165) is 16.0 Å². The third kappa shape index (κ3) is 5.95. The van der Waals surface area contributed by atoms with Crippen LogP contribution in [0.15, 0.2) is 65.0 Å². The first kappa shape index (κ1) is 27.9. The Bertz CT molecular complexity index is 1240. The number of ether oxygens (including phenoxy) is 2. The number of hydrogen-bond donors (Lipinski definition) is 0. The Kier molecular flexibility index (Phi) is 8.60. The molecule has 1 aromatic carbocycles. The molecule has 2 aliphatic heterocycles. The van der Waals surface area contributed by atoms with E-state index in [-0.39, 0.29) is 42.7 Å². The molecule has 1 aromatic heterocycles. The zero-order valence-electron chi connectivity index (χ0n) is 22.3. The maximum Gasteiger partial charge on any atom is 0.355 e. The fourth-order valence-electron chi connectivity index (χ4n) is 5.15. The smallest absolute Gasteiger partial charge is 0.355 e. The Labute approximate surface area is 229 Å². The number of rotatable bonds is 11. The molecule has 0 saturated carbocycles. The van der Waals surface area contributed by atoms with E-state index >= 15 is 0 Å². The van der Waals surface area contributed by atoms with Crippen molar-refractivity contribution in [2.75, 3.05) is 12.9 Å². The van der Waals surface area contributed by atoms with E-state index < -0.39 is 20.2 Å². The van der Waals surface area contributed by atoms with Gasteiger partial charge in [0.1, 0.15) is 18.1 Å². The van der Waals surface area contributed by atoms with E-state index in [2.05, 4.69) is 30.7 Å². The van der Waals surface area contributed by atoms with E-state index in [1.54, 1.807) is 48.3 Å². The van der Waals surface area contributed by atoms with Crippen LogP contribution in [-0.2, 0) is 25.4 Å². The predicted molar refractivity (Wildman–Crippen MR) is 147 cm³/mol. The number of carbonyl (C=O) groups is 2. The number of methoxy groups -OCH3 is 1. The molecule has 0 radical (unpaired) electrons. The van der Waals surface area contributed by atoms with Gasteiger partial charge in [0, 0.05) is 35.4 Å². The average molecular weight is 552 g/mol. The minimum Gasteiger partial charge on any atom is -0.497 e. The van der Waals surface area contributed by atoms with E-state index in [9.17, 15) is 14.9 Å². The van der Waals surface area contributed by atoms with E-state index in [1.165, 1.54) is 0 Å². The molecule has 4 rings (SSSR count). The highest BCUT2D eigenvalue weighted by Gasteiger charge is 2.61. The Balaban J connectivity index is 1.62. The molecule has 1 saturated heterocycles. The number of carbonyl (C=O) groups excluding carboxylic acids is 2. The van der Waals surface area contributed by atoms with Crippen molar-refractivity contribution in [2.24, 2.45) is 11.8 Å². The summed E-state index contributed by atoms with van der Waals surface area (Å²) in [5, 5.41) is 9.71. The lowest BCUT2D eigenvalue weighted by atomic mass is 9.76. The molecule has 2 aromatic rings. The lowest BCUT2D eigenvalue weighted by Crippen LogP contribution is -2.65. The summed E-state index contributed by atoms with van der Waals surface area (Å²) >= 11 is 1.55. The minimum atomic E-state index is -1.91. The van der Waals surface area contributed by atoms with Gasteiger partial charge >= 0.3 is 5.97 Å². The van der Waals surface area contributed by atoms with Crippen LogP contribution in [0.4, 0.5) is 0 Å². The summed E-state index contributed by atoms with van der Waals surface area (Å²) in [6.07, 6.45) is 3.32. The molecule has 0 spiro atoms. The van der Waals surface area contributed by atoms with Crippen molar-refractivity contribution in [2.45, 2.75) is 56.6 Å². The van der Waals surface area contributed by atoms with E-state index in [4.69, 9.17) is 13.9 Å². The summed E-state index contributed by atoms with van der Waals surface area (Å²) in [5.74, 6) is -0.213. The predicted octanol–water partition coefficient (Wildman–Crippen LogP) is 4.79. The van der Waals surface area contributed by atoms with Crippen molar-refractivity contribution in [3.8, 4) is 11.8 Å². The molecule has 1 fully saturated rings. The molecule has 2 aliphatic rings. The normalized spacial score (nSPS) is 21.4. The molecule has 0 unspecified atom stereocenters. The third-order valence-electron chi connectivity index (χ3n) is 6.72. The van der Waals surface area contributed by atoms with Gasteiger partial charge in [0.05, 0.1) is 31.2 Å². The number of benzene rings is 1. The van der Waals surface area contributed by atoms with Crippen LogP contribution >= 0.6 is 11.8 Å². The molecule has 1 amide bonds. The zero-order valence-corrected chi connectivity index (χ0v) is 24.2. The molecule has 0 N–H and O–H groups in total. The maximum atomic E-state index is 13.5. The zero-order chi connectivity index (χ0) is 27.4. The van der Waals surface area contributed by atoms with Crippen LogP contribution in [0.25, 0.3) is 0 Å². The monoisotopic (exact) mass is 551 g/mol. The van der Waals surface area contributed by atoms with Gasteiger partial charge in [-0.05, 0) is 62.0 Å². The minimum absolute atomic E-state index is 0.0608. The Morgan fingerprint density at radius 2 is 1.87 bits per heavy atom. The van der Waals surface area contributed by atoms with Gasteiger partial charge in [-0.3, -0.25) is 9.78 Å². The summed E-state index contributed by atoms with van der Waals surface area (Å²) in [7, 11) is -0.320. The summed E-state index contributed by atoms with van der Waals surface area (Å²) in [4.78, 5) is 33.7. The van der Waals surface area contributed by atoms with Crippen LogP contribution in [0, 0.1) is 23.2 Å². The van der Waals surface area contributed by atoms with Gasteiger partial charge in [-0.2, -0.15) is 5.26 Å². The number of amides is 1. The number of hydrogen-bond acceptors (Lipinski definition) is 8. The number of esters is 1. The Hall–Kier alpha value is -3.13. The number of β-lactam (4-membered cyclic amide) rings is 1. The van der Waals surface area contributed by atoms with Crippen molar-refractivity contribution in [1.82, 2.24) is 9.88 Å². The van der Waals surface area contributed by atoms with Crippen molar-refractivity contribution in [3.05, 3.63) is 65.6 Å². The lowest BCUT2D eigenvalue weighted by Gasteiger charge is -2.49. The number of nitriles is 1. The molecule has 0 aliphatic carbocycles. The second kappa shape index (κ2) is 11.7. The molecule has 200 valence electrons. The molecule has 10 heteroatoms. The number of aromatic nitrogens is 1. The van der Waals surface area contributed by atoms with Gasteiger partial charge in [0.15, 0.2) is 8.32 Å². The van der Waals surface area contributed by atoms with Gasteiger partial charge in [0.2, 0.25) is 5.91 Å². The van der Waals surface area contributed by atoms with Crippen molar-refractivity contribution in [1.29, 1.82) is 5.26 Å². The topological polar surface area (TPSA) is 102 Å². The molecule has 3 heterocycles. The largest absolute Gasteiger partial charge is 0.497 e. The number of pyridine rings is 1. The van der Waals surface area contributed by atoms with Crippen LogP contribution in [0.5, 0.6) is 5.75 Å². The second-order valence-corrected chi connectivity index (χ2v) is 15.9. The Morgan fingerprint density at radius 1 is 1.18 bits per heavy atom. The average Bonchev–Trinajstić information content (AvgIpc) is 3.15. The van der Waals surface area contributed by atoms with Gasteiger partial charge < -0.3 is 18.8 Å². The molecule has 8 nitrogen and oxygen atoms in total. The first-order valence-electron chi connectivity index (χ1n) is 12.6. The summed E-state index contributed by atoms with van der Waals surface area (Å²) < 4.78 is 17.2. The first-order valence-corrected chi connectivity index (χ1v) is 17.0. The van der Waals surface area contributed by atoms with Gasteiger partial charge in [-0.15, -0.1) is 11.8 Å². The van der Waals surface area contributed by atoms with Gasteiger partial charge in [-0.25, -0.2) is 4.79 Å². The van der Waals surface area contributed by atoms with Crippen molar-refractivity contribution in [3.63, 3.8) is 0 Å². The fraction of sp³-hybridized carbons (Fsp3) is 0.429. The van der Waals surface area contributed by atoms with Crippen LogP contribution < -0.4 is 4.74 Å². The third-order valence-corrected chi connectivity index (χ3v) is 8.86. The standard InChI is InChI=1S/C28H33N3O5SSi/c1-18(36-38(3,4)5)24-25-22(10-13-29)23(17-37-21-11-14-30-15-12-21)26(31(25)27(24)32)28(33)35-16-19-6-8-20(34-2)9-7-19/h6-9,11-12,14-15,18,22,24-25H,10,16-17H2,1-5H3/t18-,22+,24-,25-/m1/s1. The highest BCUT2D eigenvalue weighted by Crippen LogP contribution is 2.50. The summed E-state index contributed by atoms with van der Waals surface area (Å²) in [6, 6.07) is 13.0. The van der Waals surface area contributed by atoms with E-state index in [1.807, 2.05) is 31.2 Å². The SMILES string of the molecule is COc1ccc(COC(=O)C2=C(CSc3ccncc3)[C@H](CC#N)[C@@H]3[C@@H]([C@@H](C)O[Si](C)(C)C)C(=O)N23)cc1. The molecular weight excluding hydrogens is 518 g/mol. The molecule has 38 heavy (non-hydrogen) atoms. The highest BCUT2D eigenvalue weighted by molar-refractivity contribution is 7.99. The van der Waals surface area contributed by atoms with Crippen LogP contribution in [-0.4, -0.2) is 55.1 Å². The van der Waals surface area contributed by atoms with Crippen LogP contribution in [0.2, 0.25) is 19.6 Å². The first-order chi connectivity index (χ1) is 18.1. The summed E-state index contributed by atoms with van der Waals surface area (Å²) in [5.41, 5.74) is 1.85. The maximum absolute atomic E-state index is 13.5. The van der Waals surface area contributed by atoms with Gasteiger partial charge in [0.25, 0.3) is 0 Å². The number of nitrogens with zero attached hydrogens (tertiary/aromatic N) is 3. The quantitative estimate of drug-likeness (QED) is 0.170. The molecule has 0 bridgehead atoms. The molecular formula is C28H33N3O5SSi. The lowest BCUT2D eigenvalue weighted by molar-refractivity contribution is -0.164. The molecule has 4 atom stereocenters. The van der Waals surface area contributed by atoms with Crippen molar-refractivity contribution < 1.29 is 23.5 Å². The van der Waals surface area contributed by atoms with Gasteiger partial charge in [-0.1, -0.05) is 12.1 Å². The Morgan fingerprint density at radius 3 is 2.47 bits per heavy atom. The number of fused-ring (bicyclic) bond motifs is 1. The van der Waals surface area contributed by atoms with Crippen LogP contribution in [0.1, 0.15) is 18.9 Å². The number of thioether (sulfide) groups is 1.